The Hall–Kier alpha value is -1.17. The van der Waals surface area contributed by atoms with Crippen molar-refractivity contribution in [1.29, 1.82) is 0 Å². The molecule has 5 heteroatoms. The van der Waals surface area contributed by atoms with Crippen LogP contribution in [0, 0.1) is 5.82 Å². The predicted molar refractivity (Wildman–Crippen MR) is 77.3 cm³/mol. The zero-order valence-electron chi connectivity index (χ0n) is 12.3. The van der Waals surface area contributed by atoms with Crippen LogP contribution in [0.2, 0.25) is 0 Å². The van der Waals surface area contributed by atoms with Crippen LogP contribution in [0.15, 0.2) is 18.2 Å². The fourth-order valence-electron chi connectivity index (χ4n) is 2.97. The fourth-order valence-corrected chi connectivity index (χ4v) is 2.97. The van der Waals surface area contributed by atoms with Gasteiger partial charge in [-0.15, -0.1) is 0 Å². The average Bonchev–Trinajstić information content (AvgIpc) is 2.68. The fraction of sp³-hybridized carbons (Fsp3) is 0.600. The molecule has 2 rings (SSSR count). The third-order valence-electron chi connectivity index (χ3n) is 3.73. The number of aliphatic hydroxyl groups excluding tert-OH is 2. The average molecular weight is 282 g/mol. The Labute approximate surface area is 119 Å². The maximum Gasteiger partial charge on any atom is 0.131 e. The minimum Gasteiger partial charge on any atom is -0.391 e. The highest BCUT2D eigenvalue weighted by molar-refractivity contribution is 5.57. The monoisotopic (exact) mass is 282 g/mol. The summed E-state index contributed by atoms with van der Waals surface area (Å²) in [4.78, 5) is 4.06. The van der Waals surface area contributed by atoms with Crippen LogP contribution in [-0.4, -0.2) is 54.4 Å². The lowest BCUT2D eigenvalue weighted by atomic mass is 10.1. The summed E-state index contributed by atoms with van der Waals surface area (Å²) in [6.45, 7) is 2.82. The molecule has 112 valence electrons. The molecule has 2 unspecified atom stereocenters. The lowest BCUT2D eigenvalue weighted by Crippen LogP contribution is -2.38. The topological polar surface area (TPSA) is 46.9 Å². The zero-order chi connectivity index (χ0) is 14.9. The molecule has 1 fully saturated rings. The summed E-state index contributed by atoms with van der Waals surface area (Å²) < 4.78 is 14.0. The first-order chi connectivity index (χ1) is 9.40. The maximum absolute atomic E-state index is 14.0. The van der Waals surface area contributed by atoms with Gasteiger partial charge in [0.2, 0.25) is 0 Å². The summed E-state index contributed by atoms with van der Waals surface area (Å²) in [7, 11) is 3.95. The number of halogens is 1. The summed E-state index contributed by atoms with van der Waals surface area (Å²) in [6, 6.07) is 4.94. The van der Waals surface area contributed by atoms with Crippen molar-refractivity contribution in [3.05, 3.63) is 29.6 Å². The van der Waals surface area contributed by atoms with Crippen molar-refractivity contribution in [2.75, 3.05) is 32.1 Å². The standard InChI is InChI=1S/C15H23FN2O2/c1-10(19)15-13(16)5-4-6-14(15)18-9-12(20)7-11(18)8-17(2)3/h4-6,10-12,19-20H,7-9H2,1-3H3/t10-,11?,12?/m1/s1. The van der Waals surface area contributed by atoms with E-state index in [4.69, 9.17) is 0 Å². The number of likely N-dealkylation sites (N-methyl/N-ethyl adjacent to an activating group) is 1. The Kier molecular flexibility index (Phi) is 4.62. The second-order valence-corrected chi connectivity index (χ2v) is 5.81. The molecule has 0 bridgehead atoms. The normalized spacial score (nSPS) is 24.4. The maximum atomic E-state index is 14.0. The van der Waals surface area contributed by atoms with Crippen molar-refractivity contribution in [3.63, 3.8) is 0 Å². The highest BCUT2D eigenvalue weighted by Gasteiger charge is 2.33. The second kappa shape index (κ2) is 6.08. The molecule has 1 saturated heterocycles. The molecule has 0 saturated carbocycles. The molecular formula is C15H23FN2O2. The van der Waals surface area contributed by atoms with E-state index >= 15 is 0 Å². The van der Waals surface area contributed by atoms with E-state index in [2.05, 4.69) is 4.90 Å². The summed E-state index contributed by atoms with van der Waals surface area (Å²) in [6.07, 6.45) is -0.623. The van der Waals surface area contributed by atoms with Crippen molar-refractivity contribution in [2.45, 2.75) is 31.6 Å². The summed E-state index contributed by atoms with van der Waals surface area (Å²) in [5.41, 5.74) is 0.994. The van der Waals surface area contributed by atoms with E-state index in [0.29, 0.717) is 24.2 Å². The quantitative estimate of drug-likeness (QED) is 0.876. The van der Waals surface area contributed by atoms with Crippen molar-refractivity contribution < 1.29 is 14.6 Å². The number of benzene rings is 1. The largest absolute Gasteiger partial charge is 0.391 e. The molecular weight excluding hydrogens is 259 g/mol. The van der Waals surface area contributed by atoms with Crippen molar-refractivity contribution in [2.24, 2.45) is 0 Å². The summed E-state index contributed by atoms with van der Waals surface area (Å²) in [5.74, 6) is -0.400. The molecule has 0 spiro atoms. The van der Waals surface area contributed by atoms with Crippen LogP contribution in [0.25, 0.3) is 0 Å². The molecule has 0 aliphatic carbocycles. The van der Waals surface area contributed by atoms with Gasteiger partial charge in [0.1, 0.15) is 5.82 Å². The molecule has 1 aliphatic heterocycles. The Balaban J connectivity index is 2.36. The van der Waals surface area contributed by atoms with Gasteiger partial charge in [-0.2, -0.15) is 0 Å². The first-order valence-corrected chi connectivity index (χ1v) is 6.96. The smallest absolute Gasteiger partial charge is 0.131 e. The van der Waals surface area contributed by atoms with Gasteiger partial charge in [-0.3, -0.25) is 0 Å². The summed E-state index contributed by atoms with van der Waals surface area (Å²) >= 11 is 0. The van der Waals surface area contributed by atoms with Gasteiger partial charge in [0.05, 0.1) is 12.2 Å². The minimum absolute atomic E-state index is 0.124. The van der Waals surface area contributed by atoms with E-state index in [0.717, 1.165) is 6.54 Å². The number of aliphatic hydroxyl groups is 2. The van der Waals surface area contributed by atoms with E-state index in [1.165, 1.54) is 6.07 Å². The van der Waals surface area contributed by atoms with Crippen LogP contribution < -0.4 is 4.90 Å². The van der Waals surface area contributed by atoms with Gasteiger partial charge in [-0.25, -0.2) is 4.39 Å². The summed E-state index contributed by atoms with van der Waals surface area (Å²) in [5, 5.41) is 19.8. The number of hydrogen-bond donors (Lipinski definition) is 2. The van der Waals surface area contributed by atoms with Gasteiger partial charge in [0, 0.05) is 30.4 Å². The van der Waals surface area contributed by atoms with E-state index < -0.39 is 18.0 Å². The number of hydrogen-bond acceptors (Lipinski definition) is 4. The third-order valence-corrected chi connectivity index (χ3v) is 3.73. The lowest BCUT2D eigenvalue weighted by molar-refractivity contribution is 0.190. The Morgan fingerprint density at radius 1 is 1.45 bits per heavy atom. The predicted octanol–water partition coefficient (Wildman–Crippen LogP) is 1.38. The molecule has 4 nitrogen and oxygen atoms in total. The highest BCUT2D eigenvalue weighted by Crippen LogP contribution is 2.33. The van der Waals surface area contributed by atoms with E-state index in [-0.39, 0.29) is 6.04 Å². The van der Waals surface area contributed by atoms with E-state index in [9.17, 15) is 14.6 Å². The highest BCUT2D eigenvalue weighted by atomic mass is 19.1. The van der Waals surface area contributed by atoms with Gasteiger partial charge in [0.25, 0.3) is 0 Å². The van der Waals surface area contributed by atoms with E-state index in [1.54, 1.807) is 13.0 Å². The first kappa shape index (κ1) is 15.2. The van der Waals surface area contributed by atoms with E-state index in [1.807, 2.05) is 25.1 Å². The van der Waals surface area contributed by atoms with Gasteiger partial charge in [-0.05, 0) is 39.6 Å². The molecule has 3 atom stereocenters. The first-order valence-electron chi connectivity index (χ1n) is 6.96. The van der Waals surface area contributed by atoms with Crippen LogP contribution in [0.5, 0.6) is 0 Å². The molecule has 1 aromatic carbocycles. The Bertz CT molecular complexity index is 465. The minimum atomic E-state index is -0.871. The van der Waals surface area contributed by atoms with Crippen LogP contribution in [0.4, 0.5) is 10.1 Å². The molecule has 0 amide bonds. The lowest BCUT2D eigenvalue weighted by Gasteiger charge is -2.31. The van der Waals surface area contributed by atoms with Crippen LogP contribution in [0.3, 0.4) is 0 Å². The van der Waals surface area contributed by atoms with Gasteiger partial charge >= 0.3 is 0 Å². The Morgan fingerprint density at radius 3 is 2.75 bits per heavy atom. The number of nitrogens with zero attached hydrogens (tertiary/aromatic N) is 2. The second-order valence-electron chi connectivity index (χ2n) is 5.81. The molecule has 1 aliphatic rings. The van der Waals surface area contributed by atoms with Gasteiger partial charge in [-0.1, -0.05) is 6.07 Å². The third kappa shape index (κ3) is 3.11. The SMILES string of the molecule is C[C@@H](O)c1c(F)cccc1N1CC(O)CC1CN(C)C. The molecule has 0 radical (unpaired) electrons. The number of anilines is 1. The van der Waals surface area contributed by atoms with Crippen LogP contribution in [-0.2, 0) is 0 Å². The van der Waals surface area contributed by atoms with Crippen LogP contribution in [0.1, 0.15) is 25.0 Å². The zero-order valence-corrected chi connectivity index (χ0v) is 12.3. The molecule has 1 heterocycles. The molecule has 2 N–H and O–H groups in total. The van der Waals surface area contributed by atoms with Crippen molar-refractivity contribution in [1.82, 2.24) is 4.90 Å². The molecule has 1 aromatic rings. The number of β-amino-alcohol motifs (C(OH)–C–C–N with tert-alkyl or cyclic N) is 1. The van der Waals surface area contributed by atoms with Crippen LogP contribution >= 0.6 is 0 Å². The van der Waals surface area contributed by atoms with Crippen molar-refractivity contribution in [3.8, 4) is 0 Å². The number of rotatable bonds is 4. The van der Waals surface area contributed by atoms with Gasteiger partial charge in [0.15, 0.2) is 0 Å². The Morgan fingerprint density at radius 2 is 2.15 bits per heavy atom. The van der Waals surface area contributed by atoms with Gasteiger partial charge < -0.3 is 20.0 Å². The molecule has 20 heavy (non-hydrogen) atoms. The van der Waals surface area contributed by atoms with Crippen molar-refractivity contribution >= 4 is 5.69 Å². The molecule has 0 aromatic heterocycles.